The molecule has 0 saturated carbocycles. The number of epoxide rings is 2. The van der Waals surface area contributed by atoms with E-state index in [1.807, 2.05) is 45.0 Å². The summed E-state index contributed by atoms with van der Waals surface area (Å²) in [7, 11) is 0. The van der Waals surface area contributed by atoms with Gasteiger partial charge in [0.1, 0.15) is 36.4 Å². The minimum absolute atomic E-state index is 0.0471. The fourth-order valence-corrected chi connectivity index (χ4v) is 6.27. The molecule has 0 aromatic heterocycles. The molecule has 4 unspecified atom stereocenters. The number of aliphatic hydroxyl groups is 1. The van der Waals surface area contributed by atoms with Crippen molar-refractivity contribution in [1.29, 1.82) is 0 Å². The highest BCUT2D eigenvalue weighted by Crippen LogP contribution is 2.37. The molecule has 2 fully saturated rings. The first-order valence-corrected chi connectivity index (χ1v) is 17.9. The van der Waals surface area contributed by atoms with Gasteiger partial charge in [0.2, 0.25) is 0 Å². The van der Waals surface area contributed by atoms with Crippen molar-refractivity contribution in [3.8, 4) is 5.75 Å². The van der Waals surface area contributed by atoms with E-state index in [0.717, 1.165) is 54.1 Å². The number of hydrogen-bond acceptors (Lipinski definition) is 8. The van der Waals surface area contributed by atoms with Crippen molar-refractivity contribution >= 4 is 0 Å². The predicted molar refractivity (Wildman–Crippen MR) is 192 cm³/mol. The summed E-state index contributed by atoms with van der Waals surface area (Å²) in [5, 5.41) is 10.9. The van der Waals surface area contributed by atoms with Gasteiger partial charge in [-0.15, -0.1) is 0 Å². The van der Waals surface area contributed by atoms with Crippen LogP contribution in [0.15, 0.2) is 72.8 Å². The van der Waals surface area contributed by atoms with Crippen LogP contribution < -0.4 is 10.5 Å². The Morgan fingerprint density at radius 1 is 0.653 bits per heavy atom. The lowest BCUT2D eigenvalue weighted by Gasteiger charge is -2.34. The highest BCUT2D eigenvalue weighted by molar-refractivity contribution is 5.41. The van der Waals surface area contributed by atoms with E-state index >= 15 is 0 Å². The van der Waals surface area contributed by atoms with Crippen molar-refractivity contribution in [3.05, 3.63) is 101 Å². The molecule has 4 atom stereocenters. The predicted octanol–water partition coefficient (Wildman–Crippen LogP) is 7.07. The minimum atomic E-state index is -1.04. The van der Waals surface area contributed by atoms with E-state index in [1.54, 1.807) is 0 Å². The fraction of sp³-hybridized carbons (Fsp3) is 0.561. The van der Waals surface area contributed by atoms with Crippen LogP contribution in [0.25, 0.3) is 0 Å². The number of aliphatic hydroxyl groups excluding tert-OH is 1. The third-order valence-electron chi connectivity index (χ3n) is 10.4. The van der Waals surface area contributed by atoms with Crippen LogP contribution in [-0.2, 0) is 46.0 Å². The Kier molecular flexibility index (Phi) is 11.9. The lowest BCUT2D eigenvalue weighted by atomic mass is 9.77. The largest absolute Gasteiger partial charge is 0.491 e. The molecule has 3 aromatic carbocycles. The molecule has 49 heavy (non-hydrogen) atoms. The topological polar surface area (TPSA) is 108 Å². The molecule has 2 aliphatic heterocycles. The van der Waals surface area contributed by atoms with Crippen LogP contribution in [0.4, 0.5) is 0 Å². The molecule has 0 bridgehead atoms. The highest BCUT2D eigenvalue weighted by atomic mass is 16.6. The van der Waals surface area contributed by atoms with Crippen LogP contribution >= 0.6 is 0 Å². The van der Waals surface area contributed by atoms with Crippen molar-refractivity contribution in [2.45, 2.75) is 108 Å². The second kappa shape index (κ2) is 15.6. The second-order valence-electron chi connectivity index (χ2n) is 14.6. The number of ether oxygens (including phenoxy) is 6. The van der Waals surface area contributed by atoms with Crippen LogP contribution in [0.2, 0.25) is 0 Å². The van der Waals surface area contributed by atoms with E-state index in [4.69, 9.17) is 34.2 Å². The summed E-state index contributed by atoms with van der Waals surface area (Å²) in [5.41, 5.74) is 9.94. The maximum atomic E-state index is 10.9. The average molecular weight is 676 g/mol. The fourth-order valence-electron chi connectivity index (χ4n) is 6.27. The molecule has 0 radical (unpaired) electrons. The maximum Gasteiger partial charge on any atom is 0.142 e. The molecule has 3 aromatic rings. The van der Waals surface area contributed by atoms with Gasteiger partial charge < -0.3 is 33.5 Å². The molecule has 2 aliphatic rings. The Labute approximate surface area is 293 Å². The van der Waals surface area contributed by atoms with Crippen molar-refractivity contribution < 1.29 is 33.5 Å². The normalized spacial score (nSPS) is 19.7. The second-order valence-corrected chi connectivity index (χ2v) is 14.6. The summed E-state index contributed by atoms with van der Waals surface area (Å²) in [4.78, 5) is 0. The summed E-state index contributed by atoms with van der Waals surface area (Å²) >= 11 is 0. The number of hydrogen-bond donors (Lipinski definition) is 2. The molecule has 2 saturated heterocycles. The summed E-state index contributed by atoms with van der Waals surface area (Å²) in [6.07, 6.45) is 1.92. The van der Waals surface area contributed by atoms with Gasteiger partial charge in [0.15, 0.2) is 0 Å². The maximum absolute atomic E-state index is 10.9. The molecule has 2 heterocycles. The first-order valence-electron chi connectivity index (χ1n) is 17.9. The molecule has 0 aliphatic carbocycles. The third-order valence-corrected chi connectivity index (χ3v) is 10.4. The summed E-state index contributed by atoms with van der Waals surface area (Å²) in [6.45, 7) is 17.7. The molecular formula is C41H57NO7. The monoisotopic (exact) mass is 675 g/mol. The first kappa shape index (κ1) is 37.4. The van der Waals surface area contributed by atoms with Gasteiger partial charge in [-0.1, -0.05) is 95.3 Å². The smallest absolute Gasteiger partial charge is 0.142 e. The summed E-state index contributed by atoms with van der Waals surface area (Å²) in [5.74, 6) is 0.847. The van der Waals surface area contributed by atoms with Crippen molar-refractivity contribution in [2.75, 3.05) is 39.6 Å². The molecule has 5 rings (SSSR count). The Hall–Kier alpha value is -2.82. The van der Waals surface area contributed by atoms with Gasteiger partial charge in [-0.05, 0) is 73.1 Å². The zero-order valence-electron chi connectivity index (χ0n) is 30.5. The van der Waals surface area contributed by atoms with Crippen molar-refractivity contribution in [1.82, 2.24) is 0 Å². The van der Waals surface area contributed by atoms with Gasteiger partial charge >= 0.3 is 0 Å². The Bertz CT molecular complexity index is 1460. The molecule has 3 N–H and O–H groups in total. The zero-order chi connectivity index (χ0) is 35.3. The molecule has 8 heteroatoms. The van der Waals surface area contributed by atoms with E-state index in [0.29, 0.717) is 19.6 Å². The van der Waals surface area contributed by atoms with E-state index in [1.165, 1.54) is 5.56 Å². The molecule has 8 nitrogen and oxygen atoms in total. The SMILES string of the molecule is CCC(N)(OCC(O)COC(C)(C)c1ccc(C(CC)(CC)OCC2CO2)cc1)c1ccc(C(C)(C)c2ccc(OCC3CO3)cc2)cc1. The zero-order valence-corrected chi connectivity index (χ0v) is 30.5. The average Bonchev–Trinajstić information content (AvgIpc) is 4.06. The highest BCUT2D eigenvalue weighted by Gasteiger charge is 2.34. The van der Waals surface area contributed by atoms with Gasteiger partial charge in [-0.25, -0.2) is 0 Å². The Balaban J connectivity index is 1.14. The van der Waals surface area contributed by atoms with Crippen LogP contribution in [0.5, 0.6) is 5.75 Å². The van der Waals surface area contributed by atoms with Crippen LogP contribution in [0, 0.1) is 0 Å². The van der Waals surface area contributed by atoms with Crippen LogP contribution in [-0.4, -0.2) is 63.1 Å². The summed E-state index contributed by atoms with van der Waals surface area (Å²) in [6, 6.07) is 25.0. The van der Waals surface area contributed by atoms with E-state index in [9.17, 15) is 5.11 Å². The molecule has 268 valence electrons. The first-order chi connectivity index (χ1) is 23.3. The number of rotatable bonds is 20. The lowest BCUT2D eigenvalue weighted by molar-refractivity contribution is -0.120. The third kappa shape index (κ3) is 9.30. The van der Waals surface area contributed by atoms with E-state index < -0.39 is 17.4 Å². The molecular weight excluding hydrogens is 618 g/mol. The van der Waals surface area contributed by atoms with Crippen LogP contribution in [0.1, 0.15) is 95.5 Å². The standard InChI is InChI=1S/C41H57NO7/c1-8-40(9-2,48-28-37-27-46-37)32-15-13-31(14-16-32)39(6,7)47-23-34(43)24-49-41(42,10-3)33-17-11-29(12-18-33)38(4,5)30-19-21-35(22-20-30)44-25-36-26-45-36/h11-22,34,36-37,43H,8-10,23-28,42H2,1-7H3. The van der Waals surface area contributed by atoms with Gasteiger partial charge in [-0.3, -0.25) is 5.73 Å². The lowest BCUT2D eigenvalue weighted by Crippen LogP contribution is -2.42. The quantitative estimate of drug-likeness (QED) is 0.0968. The van der Waals surface area contributed by atoms with Crippen LogP contribution in [0.3, 0.4) is 0 Å². The number of nitrogens with two attached hydrogens (primary N) is 1. The Morgan fingerprint density at radius 2 is 1.12 bits per heavy atom. The van der Waals surface area contributed by atoms with E-state index in [-0.39, 0.29) is 36.4 Å². The van der Waals surface area contributed by atoms with Gasteiger partial charge in [0, 0.05) is 5.41 Å². The van der Waals surface area contributed by atoms with Gasteiger partial charge in [-0.2, -0.15) is 0 Å². The van der Waals surface area contributed by atoms with Crippen molar-refractivity contribution in [2.24, 2.45) is 5.73 Å². The Morgan fingerprint density at radius 3 is 1.65 bits per heavy atom. The van der Waals surface area contributed by atoms with Gasteiger partial charge in [0.05, 0.1) is 44.2 Å². The van der Waals surface area contributed by atoms with Crippen molar-refractivity contribution in [3.63, 3.8) is 0 Å². The van der Waals surface area contributed by atoms with E-state index in [2.05, 4.69) is 76.2 Å². The molecule has 0 spiro atoms. The van der Waals surface area contributed by atoms with Gasteiger partial charge in [0.25, 0.3) is 0 Å². The summed E-state index contributed by atoms with van der Waals surface area (Å²) < 4.78 is 35.2. The molecule has 0 amide bonds. The number of benzene rings is 3. The minimum Gasteiger partial charge on any atom is -0.491 e.